The average Bonchev–Trinajstić information content (AvgIpc) is 3.54. The van der Waals surface area contributed by atoms with Crippen molar-refractivity contribution < 1.29 is 9.53 Å². The molecular formula is C22H23N3O2. The van der Waals surface area contributed by atoms with Crippen LogP contribution in [0.1, 0.15) is 24.0 Å². The van der Waals surface area contributed by atoms with Crippen molar-refractivity contribution in [3.8, 4) is 11.5 Å². The van der Waals surface area contributed by atoms with Crippen molar-refractivity contribution in [2.75, 3.05) is 26.2 Å². The SMILES string of the molecule is Cc1ccc2c(c1)Oc1ccccc1C(N1CCN(C(=O)C3CC3)CC1)=N2. The van der Waals surface area contributed by atoms with Crippen LogP contribution < -0.4 is 4.74 Å². The molecule has 2 fully saturated rings. The van der Waals surface area contributed by atoms with Gasteiger partial charge in [0, 0.05) is 32.1 Å². The van der Waals surface area contributed by atoms with Gasteiger partial charge in [-0.15, -0.1) is 0 Å². The van der Waals surface area contributed by atoms with Crippen LogP contribution in [0.2, 0.25) is 0 Å². The van der Waals surface area contributed by atoms with Crippen LogP contribution in [0.4, 0.5) is 5.69 Å². The first-order chi connectivity index (χ1) is 13.2. The van der Waals surface area contributed by atoms with E-state index in [0.29, 0.717) is 5.91 Å². The normalized spacial score (nSPS) is 18.8. The minimum atomic E-state index is 0.288. The molecule has 0 unspecified atom stereocenters. The summed E-state index contributed by atoms with van der Waals surface area (Å²) in [4.78, 5) is 21.6. The summed E-state index contributed by atoms with van der Waals surface area (Å²) in [7, 11) is 0. The van der Waals surface area contributed by atoms with Crippen molar-refractivity contribution in [3.05, 3.63) is 53.6 Å². The molecule has 0 N–H and O–H groups in total. The number of hydrogen-bond acceptors (Lipinski definition) is 4. The summed E-state index contributed by atoms with van der Waals surface area (Å²) in [6.45, 7) is 5.18. The van der Waals surface area contributed by atoms with Crippen LogP contribution in [0.5, 0.6) is 11.5 Å². The molecule has 5 nitrogen and oxygen atoms in total. The first-order valence-corrected chi connectivity index (χ1v) is 9.69. The molecule has 2 aromatic rings. The number of carbonyl (C=O) groups excluding carboxylic acids is 1. The van der Waals surface area contributed by atoms with Crippen LogP contribution in [0.3, 0.4) is 0 Å². The van der Waals surface area contributed by atoms with Crippen LogP contribution in [0, 0.1) is 12.8 Å². The average molecular weight is 361 g/mol. The van der Waals surface area contributed by atoms with E-state index in [1.54, 1.807) is 0 Å². The Morgan fingerprint density at radius 2 is 1.81 bits per heavy atom. The highest BCUT2D eigenvalue weighted by Gasteiger charge is 2.35. The molecule has 1 amide bonds. The van der Waals surface area contributed by atoms with Gasteiger partial charge in [-0.2, -0.15) is 0 Å². The third-order valence-electron chi connectivity index (χ3n) is 5.51. The topological polar surface area (TPSA) is 45.1 Å². The van der Waals surface area contributed by atoms with E-state index in [9.17, 15) is 4.79 Å². The summed E-state index contributed by atoms with van der Waals surface area (Å²) in [5, 5.41) is 0. The molecule has 1 saturated carbocycles. The highest BCUT2D eigenvalue weighted by atomic mass is 16.5. The number of carbonyl (C=O) groups is 1. The minimum absolute atomic E-state index is 0.288. The van der Waals surface area contributed by atoms with E-state index in [1.165, 1.54) is 0 Å². The Hall–Kier alpha value is -2.82. The van der Waals surface area contributed by atoms with Crippen molar-refractivity contribution in [1.29, 1.82) is 0 Å². The van der Waals surface area contributed by atoms with Gasteiger partial charge in [-0.25, -0.2) is 4.99 Å². The Morgan fingerprint density at radius 3 is 2.59 bits per heavy atom. The lowest BCUT2D eigenvalue weighted by Gasteiger charge is -2.36. The van der Waals surface area contributed by atoms with Gasteiger partial charge in [0.1, 0.15) is 17.3 Å². The van der Waals surface area contributed by atoms with E-state index >= 15 is 0 Å². The third kappa shape index (κ3) is 3.07. The zero-order valence-electron chi connectivity index (χ0n) is 15.5. The highest BCUT2D eigenvalue weighted by molar-refractivity contribution is 6.03. The van der Waals surface area contributed by atoms with Crippen molar-refractivity contribution in [1.82, 2.24) is 9.80 Å². The molecular weight excluding hydrogens is 338 g/mol. The molecule has 5 rings (SSSR count). The number of piperazine rings is 1. The van der Waals surface area contributed by atoms with Gasteiger partial charge >= 0.3 is 0 Å². The molecule has 0 aromatic heterocycles. The summed E-state index contributed by atoms with van der Waals surface area (Å²) >= 11 is 0. The Balaban J connectivity index is 1.47. The van der Waals surface area contributed by atoms with Crippen molar-refractivity contribution in [3.63, 3.8) is 0 Å². The van der Waals surface area contributed by atoms with Gasteiger partial charge < -0.3 is 14.5 Å². The second kappa shape index (κ2) is 6.41. The second-order valence-electron chi connectivity index (χ2n) is 7.59. The van der Waals surface area contributed by atoms with Gasteiger partial charge in [-0.1, -0.05) is 18.2 Å². The van der Waals surface area contributed by atoms with Crippen molar-refractivity contribution >= 4 is 17.4 Å². The number of para-hydroxylation sites is 1. The molecule has 1 aliphatic carbocycles. The maximum atomic E-state index is 12.3. The fraction of sp³-hybridized carbons (Fsp3) is 0.364. The lowest BCUT2D eigenvalue weighted by atomic mass is 10.1. The molecule has 0 atom stereocenters. The van der Waals surface area contributed by atoms with Crippen LogP contribution in [-0.4, -0.2) is 47.7 Å². The van der Waals surface area contributed by atoms with Crippen LogP contribution >= 0.6 is 0 Å². The number of amides is 1. The first-order valence-electron chi connectivity index (χ1n) is 9.69. The van der Waals surface area contributed by atoms with E-state index in [0.717, 1.165) is 73.2 Å². The predicted molar refractivity (Wildman–Crippen MR) is 105 cm³/mol. The molecule has 3 aliphatic rings. The summed E-state index contributed by atoms with van der Waals surface area (Å²) < 4.78 is 6.20. The van der Waals surface area contributed by atoms with Gasteiger partial charge in [-0.05, 0) is 49.6 Å². The second-order valence-corrected chi connectivity index (χ2v) is 7.59. The summed E-state index contributed by atoms with van der Waals surface area (Å²) in [6, 6.07) is 14.2. The van der Waals surface area contributed by atoms with Gasteiger partial charge in [0.2, 0.25) is 5.91 Å². The number of benzene rings is 2. The maximum Gasteiger partial charge on any atom is 0.225 e. The molecule has 2 aliphatic heterocycles. The van der Waals surface area contributed by atoms with Gasteiger partial charge in [0.15, 0.2) is 5.75 Å². The Kier molecular flexibility index (Phi) is 3.88. The number of nitrogens with zero attached hydrogens (tertiary/aromatic N) is 3. The van der Waals surface area contributed by atoms with Crippen LogP contribution in [0.15, 0.2) is 47.5 Å². The molecule has 1 saturated heterocycles. The van der Waals surface area contributed by atoms with Gasteiger partial charge in [-0.3, -0.25) is 4.79 Å². The zero-order valence-corrected chi connectivity index (χ0v) is 15.5. The predicted octanol–water partition coefficient (Wildman–Crippen LogP) is 3.73. The molecule has 0 radical (unpaired) electrons. The largest absolute Gasteiger partial charge is 0.454 e. The van der Waals surface area contributed by atoms with Crippen LogP contribution in [0.25, 0.3) is 0 Å². The van der Waals surface area contributed by atoms with Gasteiger partial charge in [0.05, 0.1) is 5.56 Å². The van der Waals surface area contributed by atoms with E-state index in [4.69, 9.17) is 9.73 Å². The third-order valence-corrected chi connectivity index (χ3v) is 5.51. The molecule has 0 spiro atoms. The van der Waals surface area contributed by atoms with E-state index in [1.807, 2.05) is 35.2 Å². The minimum Gasteiger partial charge on any atom is -0.454 e. The number of fused-ring (bicyclic) bond motifs is 2. The number of aryl methyl sites for hydroxylation is 1. The van der Waals surface area contributed by atoms with Gasteiger partial charge in [0.25, 0.3) is 0 Å². The summed E-state index contributed by atoms with van der Waals surface area (Å²) in [6.07, 6.45) is 2.12. The van der Waals surface area contributed by atoms with E-state index in [-0.39, 0.29) is 5.92 Å². The Labute approximate surface area is 159 Å². The molecule has 2 heterocycles. The fourth-order valence-electron chi connectivity index (χ4n) is 3.80. The Morgan fingerprint density at radius 1 is 1.04 bits per heavy atom. The lowest BCUT2D eigenvalue weighted by molar-refractivity contribution is -0.133. The molecule has 27 heavy (non-hydrogen) atoms. The number of rotatable bonds is 1. The first kappa shape index (κ1) is 16.4. The fourth-order valence-corrected chi connectivity index (χ4v) is 3.80. The lowest BCUT2D eigenvalue weighted by Crippen LogP contribution is -2.51. The summed E-state index contributed by atoms with van der Waals surface area (Å²) in [5.74, 6) is 3.18. The number of amidine groups is 1. The Bertz CT molecular complexity index is 925. The molecule has 138 valence electrons. The van der Waals surface area contributed by atoms with E-state index in [2.05, 4.69) is 24.0 Å². The number of aliphatic imine (C=N–C) groups is 1. The standard InChI is InChI=1S/C22H23N3O2/c1-15-6-9-18-20(14-15)27-19-5-3-2-4-17(19)21(23-18)24-10-12-25(13-11-24)22(26)16-7-8-16/h2-6,9,14,16H,7-8,10-13H2,1H3. The van der Waals surface area contributed by atoms with E-state index < -0.39 is 0 Å². The molecule has 0 bridgehead atoms. The quantitative estimate of drug-likeness (QED) is 0.777. The summed E-state index contributed by atoms with van der Waals surface area (Å²) in [5.41, 5.74) is 3.01. The highest BCUT2D eigenvalue weighted by Crippen LogP contribution is 2.39. The smallest absolute Gasteiger partial charge is 0.225 e. The maximum absolute atomic E-state index is 12.3. The van der Waals surface area contributed by atoms with Crippen molar-refractivity contribution in [2.24, 2.45) is 10.9 Å². The van der Waals surface area contributed by atoms with Crippen molar-refractivity contribution in [2.45, 2.75) is 19.8 Å². The number of hydrogen-bond donors (Lipinski definition) is 0. The van der Waals surface area contributed by atoms with Crippen LogP contribution in [-0.2, 0) is 4.79 Å². The zero-order chi connectivity index (χ0) is 18.4. The molecule has 2 aromatic carbocycles. The monoisotopic (exact) mass is 361 g/mol. The molecule has 5 heteroatoms. The number of ether oxygens (including phenoxy) is 1.